The highest BCUT2D eigenvalue weighted by atomic mass is 19.1. The summed E-state index contributed by atoms with van der Waals surface area (Å²) in [4.78, 5) is 13.0. The number of hydrogen-bond donors (Lipinski definition) is 1. The number of rotatable bonds is 3. The van der Waals surface area contributed by atoms with Crippen LogP contribution in [0, 0.1) is 12.7 Å². The molecular weight excluding hydrogens is 285 g/mol. The van der Waals surface area contributed by atoms with Crippen LogP contribution in [0.1, 0.15) is 5.56 Å². The molecule has 0 spiro atoms. The van der Waals surface area contributed by atoms with Crippen LogP contribution in [0.2, 0.25) is 0 Å². The number of aliphatic hydroxyl groups excluding tert-OH is 1. The summed E-state index contributed by atoms with van der Waals surface area (Å²) in [7, 11) is 0. The zero-order chi connectivity index (χ0) is 15.7. The van der Waals surface area contributed by atoms with Gasteiger partial charge in [-0.3, -0.25) is 4.90 Å². The second-order valence-electron chi connectivity index (χ2n) is 5.33. The average Bonchev–Trinajstić information content (AvgIpc) is 2.89. The Hall–Kier alpha value is -2.40. The van der Waals surface area contributed by atoms with Crippen LogP contribution in [0.25, 0.3) is 11.1 Å². The number of carbonyl (C=O) groups is 1. The third kappa shape index (κ3) is 2.67. The van der Waals surface area contributed by atoms with E-state index in [1.54, 1.807) is 12.1 Å². The molecule has 0 aliphatic carbocycles. The molecule has 1 amide bonds. The SMILES string of the molecule is Cc1ccc(-c2ccc(N3C[C@H](CO)OC3=O)cc2F)cc1. The lowest BCUT2D eigenvalue weighted by Gasteiger charge is -2.14. The number of anilines is 1. The summed E-state index contributed by atoms with van der Waals surface area (Å²) >= 11 is 0. The molecule has 0 saturated carbocycles. The van der Waals surface area contributed by atoms with Gasteiger partial charge in [0.2, 0.25) is 0 Å². The second kappa shape index (κ2) is 5.77. The highest BCUT2D eigenvalue weighted by molar-refractivity contribution is 5.90. The quantitative estimate of drug-likeness (QED) is 0.947. The predicted octanol–water partition coefficient (Wildman–Crippen LogP) is 3.12. The van der Waals surface area contributed by atoms with E-state index in [1.165, 1.54) is 11.0 Å². The van der Waals surface area contributed by atoms with Gasteiger partial charge in [0.25, 0.3) is 0 Å². The topological polar surface area (TPSA) is 49.8 Å². The fourth-order valence-corrected chi connectivity index (χ4v) is 2.47. The molecule has 2 aromatic rings. The molecule has 0 radical (unpaired) electrons. The van der Waals surface area contributed by atoms with E-state index in [9.17, 15) is 9.18 Å². The maximum atomic E-state index is 14.4. The minimum absolute atomic E-state index is 0.221. The van der Waals surface area contributed by atoms with E-state index < -0.39 is 18.0 Å². The minimum Gasteiger partial charge on any atom is -0.441 e. The molecule has 2 aromatic carbocycles. The monoisotopic (exact) mass is 301 g/mol. The molecule has 1 saturated heterocycles. The van der Waals surface area contributed by atoms with Crippen molar-refractivity contribution in [2.45, 2.75) is 13.0 Å². The number of nitrogens with zero attached hydrogens (tertiary/aromatic N) is 1. The number of carbonyl (C=O) groups excluding carboxylic acids is 1. The van der Waals surface area contributed by atoms with Gasteiger partial charge in [0, 0.05) is 5.56 Å². The van der Waals surface area contributed by atoms with Gasteiger partial charge < -0.3 is 9.84 Å². The highest BCUT2D eigenvalue weighted by Gasteiger charge is 2.32. The minimum atomic E-state index is -0.568. The third-order valence-corrected chi connectivity index (χ3v) is 3.70. The van der Waals surface area contributed by atoms with Gasteiger partial charge in [0.05, 0.1) is 18.8 Å². The van der Waals surface area contributed by atoms with Crippen LogP contribution in [-0.4, -0.2) is 30.5 Å². The van der Waals surface area contributed by atoms with Gasteiger partial charge in [-0.25, -0.2) is 9.18 Å². The van der Waals surface area contributed by atoms with Crippen molar-refractivity contribution in [3.63, 3.8) is 0 Å². The Morgan fingerprint density at radius 1 is 1.27 bits per heavy atom. The average molecular weight is 301 g/mol. The van der Waals surface area contributed by atoms with E-state index in [4.69, 9.17) is 9.84 Å². The lowest BCUT2D eigenvalue weighted by atomic mass is 10.0. The number of benzene rings is 2. The number of aryl methyl sites for hydroxylation is 1. The Bertz CT molecular complexity index is 700. The number of cyclic esters (lactones) is 1. The Morgan fingerprint density at radius 2 is 2.00 bits per heavy atom. The first-order valence-corrected chi connectivity index (χ1v) is 7.04. The van der Waals surface area contributed by atoms with E-state index in [2.05, 4.69) is 0 Å². The summed E-state index contributed by atoms with van der Waals surface area (Å²) in [5, 5.41) is 9.04. The smallest absolute Gasteiger partial charge is 0.414 e. The van der Waals surface area contributed by atoms with Crippen molar-refractivity contribution in [1.82, 2.24) is 0 Å². The van der Waals surface area contributed by atoms with Crippen molar-refractivity contribution in [3.05, 3.63) is 53.8 Å². The molecule has 3 rings (SSSR count). The lowest BCUT2D eigenvalue weighted by molar-refractivity contribution is 0.0963. The molecule has 0 bridgehead atoms. The summed E-state index contributed by atoms with van der Waals surface area (Å²) < 4.78 is 19.3. The van der Waals surface area contributed by atoms with E-state index in [1.807, 2.05) is 31.2 Å². The van der Waals surface area contributed by atoms with Crippen LogP contribution in [0.3, 0.4) is 0 Å². The van der Waals surface area contributed by atoms with Crippen LogP contribution < -0.4 is 4.90 Å². The first kappa shape index (κ1) is 14.5. The zero-order valence-electron chi connectivity index (χ0n) is 12.1. The normalized spacial score (nSPS) is 17.7. The van der Waals surface area contributed by atoms with Gasteiger partial charge >= 0.3 is 6.09 Å². The molecule has 22 heavy (non-hydrogen) atoms. The first-order valence-electron chi connectivity index (χ1n) is 7.04. The third-order valence-electron chi connectivity index (χ3n) is 3.70. The van der Waals surface area contributed by atoms with Gasteiger partial charge in [-0.15, -0.1) is 0 Å². The fourth-order valence-electron chi connectivity index (χ4n) is 2.47. The molecule has 4 nitrogen and oxygen atoms in total. The van der Waals surface area contributed by atoms with Gasteiger partial charge in [-0.2, -0.15) is 0 Å². The highest BCUT2D eigenvalue weighted by Crippen LogP contribution is 2.29. The second-order valence-corrected chi connectivity index (χ2v) is 5.33. The number of aliphatic hydroxyl groups is 1. The molecule has 5 heteroatoms. The fraction of sp³-hybridized carbons (Fsp3) is 0.235. The Labute approximate surface area is 127 Å². The Balaban J connectivity index is 1.89. The van der Waals surface area contributed by atoms with Gasteiger partial charge in [0.1, 0.15) is 11.9 Å². The number of halogens is 1. The maximum Gasteiger partial charge on any atom is 0.414 e. The molecule has 1 fully saturated rings. The Morgan fingerprint density at radius 3 is 2.59 bits per heavy atom. The van der Waals surface area contributed by atoms with Crippen molar-refractivity contribution in [2.24, 2.45) is 0 Å². The van der Waals surface area contributed by atoms with Crippen molar-refractivity contribution >= 4 is 11.8 Å². The largest absolute Gasteiger partial charge is 0.441 e. The van der Waals surface area contributed by atoms with E-state index in [0.29, 0.717) is 11.3 Å². The van der Waals surface area contributed by atoms with Crippen molar-refractivity contribution < 1.29 is 19.0 Å². The summed E-state index contributed by atoms with van der Waals surface area (Å²) in [5.74, 6) is -0.401. The Kier molecular flexibility index (Phi) is 3.81. The molecule has 1 aliphatic heterocycles. The predicted molar refractivity (Wildman–Crippen MR) is 81.3 cm³/mol. The molecule has 114 valence electrons. The van der Waals surface area contributed by atoms with E-state index >= 15 is 0 Å². The zero-order valence-corrected chi connectivity index (χ0v) is 12.1. The van der Waals surface area contributed by atoms with Crippen LogP contribution >= 0.6 is 0 Å². The maximum absolute atomic E-state index is 14.4. The van der Waals surface area contributed by atoms with Gasteiger partial charge in [0.15, 0.2) is 0 Å². The summed E-state index contributed by atoms with van der Waals surface area (Å²) in [6.45, 7) is 1.95. The van der Waals surface area contributed by atoms with Gasteiger partial charge in [-0.1, -0.05) is 29.8 Å². The molecule has 0 unspecified atom stereocenters. The standard InChI is InChI=1S/C17H16FNO3/c1-11-2-4-12(5-3-11)15-7-6-13(8-16(15)18)19-9-14(10-20)22-17(19)21/h2-8,14,20H,9-10H2,1H3/t14-/m1/s1. The van der Waals surface area contributed by atoms with Crippen LogP contribution in [0.5, 0.6) is 0 Å². The summed E-state index contributed by atoms with van der Waals surface area (Å²) in [5.41, 5.74) is 2.80. The van der Waals surface area contributed by atoms with E-state index in [-0.39, 0.29) is 13.2 Å². The molecule has 1 aliphatic rings. The van der Waals surface area contributed by atoms with Gasteiger partial charge in [-0.05, 0) is 30.7 Å². The van der Waals surface area contributed by atoms with Crippen molar-refractivity contribution in [3.8, 4) is 11.1 Å². The molecule has 1 heterocycles. The van der Waals surface area contributed by atoms with Crippen molar-refractivity contribution in [1.29, 1.82) is 0 Å². The summed E-state index contributed by atoms with van der Waals surface area (Å²) in [6.07, 6.45) is -1.13. The van der Waals surface area contributed by atoms with Crippen LogP contribution in [-0.2, 0) is 4.74 Å². The first-order chi connectivity index (χ1) is 10.6. The summed E-state index contributed by atoms with van der Waals surface area (Å²) in [6, 6.07) is 12.2. The number of ether oxygens (including phenoxy) is 1. The van der Waals surface area contributed by atoms with Crippen LogP contribution in [0.4, 0.5) is 14.9 Å². The molecule has 1 atom stereocenters. The number of amides is 1. The van der Waals surface area contributed by atoms with Crippen molar-refractivity contribution in [2.75, 3.05) is 18.1 Å². The molecular formula is C17H16FNO3. The number of hydrogen-bond acceptors (Lipinski definition) is 3. The van der Waals surface area contributed by atoms with E-state index in [0.717, 1.165) is 11.1 Å². The van der Waals surface area contributed by atoms with Crippen LogP contribution in [0.15, 0.2) is 42.5 Å². The lowest BCUT2D eigenvalue weighted by Crippen LogP contribution is -2.25. The molecule has 1 N–H and O–H groups in total. The molecule has 0 aromatic heterocycles.